The van der Waals surface area contributed by atoms with E-state index in [2.05, 4.69) is 33.6 Å². The van der Waals surface area contributed by atoms with E-state index in [1.54, 1.807) is 0 Å². The summed E-state index contributed by atoms with van der Waals surface area (Å²) in [5, 5.41) is 16.1. The maximum Gasteiger partial charge on any atom is 0.325 e. The molecule has 0 aromatic heterocycles. The van der Waals surface area contributed by atoms with E-state index in [-0.39, 0.29) is 24.7 Å². The van der Waals surface area contributed by atoms with Gasteiger partial charge >= 0.3 is 5.97 Å². The summed E-state index contributed by atoms with van der Waals surface area (Å²) in [4.78, 5) is 51.1. The molecule has 0 aliphatic rings. The smallest absolute Gasteiger partial charge is 0.325 e. The second kappa shape index (κ2) is 12.8. The SMILES string of the molecule is CC(NC(=O)C(CCCN=C(N)N)NC(=O)C(C)NC(=O)C(N)CS)C(=O)O. The molecule has 0 rings (SSSR count). The van der Waals surface area contributed by atoms with Gasteiger partial charge in [-0.05, 0) is 26.7 Å². The topological polar surface area (TPSA) is 215 Å². The van der Waals surface area contributed by atoms with Crippen molar-refractivity contribution in [1.82, 2.24) is 16.0 Å². The summed E-state index contributed by atoms with van der Waals surface area (Å²) in [6.07, 6.45) is 0.500. The first kappa shape index (κ1) is 25.5. The second-order valence-electron chi connectivity index (χ2n) is 6.10. The van der Waals surface area contributed by atoms with Crippen LogP contribution in [0.3, 0.4) is 0 Å². The van der Waals surface area contributed by atoms with Gasteiger partial charge < -0.3 is 38.3 Å². The summed E-state index contributed by atoms with van der Waals surface area (Å²) in [6, 6.07) is -4.03. The van der Waals surface area contributed by atoms with Gasteiger partial charge in [-0.3, -0.25) is 24.2 Å². The van der Waals surface area contributed by atoms with Crippen LogP contribution in [0.2, 0.25) is 0 Å². The number of carboxylic acid groups (broad SMARTS) is 1. The summed E-state index contributed by atoms with van der Waals surface area (Å²) in [6.45, 7) is 2.94. The van der Waals surface area contributed by atoms with Crippen LogP contribution in [0.15, 0.2) is 4.99 Å². The Balaban J connectivity index is 4.99. The van der Waals surface area contributed by atoms with Gasteiger partial charge in [0.25, 0.3) is 0 Å². The van der Waals surface area contributed by atoms with Crippen molar-refractivity contribution in [2.45, 2.75) is 50.9 Å². The molecule has 0 bridgehead atoms. The molecule has 0 fully saturated rings. The lowest BCUT2D eigenvalue weighted by Crippen LogP contribution is -2.56. The van der Waals surface area contributed by atoms with Crippen LogP contribution in [-0.4, -0.2) is 71.2 Å². The zero-order valence-electron chi connectivity index (χ0n) is 15.8. The lowest BCUT2D eigenvalue weighted by molar-refractivity contribution is -0.141. The summed E-state index contributed by atoms with van der Waals surface area (Å²) in [5.74, 6) is -3.11. The highest BCUT2D eigenvalue weighted by Crippen LogP contribution is 2.01. The number of amides is 3. The van der Waals surface area contributed by atoms with E-state index in [1.165, 1.54) is 13.8 Å². The van der Waals surface area contributed by atoms with Crippen LogP contribution in [0.5, 0.6) is 0 Å². The maximum absolute atomic E-state index is 12.3. The highest BCUT2D eigenvalue weighted by atomic mass is 32.1. The van der Waals surface area contributed by atoms with Crippen LogP contribution in [0.4, 0.5) is 0 Å². The largest absolute Gasteiger partial charge is 0.480 e. The predicted octanol–water partition coefficient (Wildman–Crippen LogP) is -3.12. The minimum atomic E-state index is -1.22. The maximum atomic E-state index is 12.3. The van der Waals surface area contributed by atoms with Crippen LogP contribution in [0, 0.1) is 0 Å². The zero-order chi connectivity index (χ0) is 21.9. The van der Waals surface area contributed by atoms with E-state index in [4.69, 9.17) is 22.3 Å². The molecule has 0 saturated heterocycles. The molecular weight excluding hydrogens is 390 g/mol. The Kier molecular flexibility index (Phi) is 11.6. The van der Waals surface area contributed by atoms with Gasteiger partial charge in [0.1, 0.15) is 18.1 Å². The number of guanidine groups is 1. The predicted molar refractivity (Wildman–Crippen MR) is 107 cm³/mol. The molecule has 13 heteroatoms. The van der Waals surface area contributed by atoms with Crippen LogP contribution in [-0.2, 0) is 19.2 Å². The number of aliphatic carboxylic acids is 1. The van der Waals surface area contributed by atoms with Gasteiger partial charge in [-0.25, -0.2) is 0 Å². The van der Waals surface area contributed by atoms with E-state index < -0.39 is 47.9 Å². The third-order valence-corrected chi connectivity index (χ3v) is 3.99. The van der Waals surface area contributed by atoms with Crippen molar-refractivity contribution in [3.05, 3.63) is 0 Å². The Morgan fingerprint density at radius 2 is 1.57 bits per heavy atom. The summed E-state index contributed by atoms with van der Waals surface area (Å²) < 4.78 is 0. The Morgan fingerprint density at radius 1 is 1.00 bits per heavy atom. The molecule has 0 aromatic rings. The molecule has 28 heavy (non-hydrogen) atoms. The van der Waals surface area contributed by atoms with E-state index >= 15 is 0 Å². The summed E-state index contributed by atoms with van der Waals surface area (Å²) in [5.41, 5.74) is 16.0. The number of rotatable bonds is 12. The number of carbonyl (C=O) groups is 4. The highest BCUT2D eigenvalue weighted by molar-refractivity contribution is 7.80. The van der Waals surface area contributed by atoms with E-state index in [0.29, 0.717) is 6.42 Å². The molecule has 160 valence electrons. The van der Waals surface area contributed by atoms with Gasteiger partial charge in [-0.15, -0.1) is 0 Å². The third kappa shape index (κ3) is 9.97. The lowest BCUT2D eigenvalue weighted by Gasteiger charge is -2.22. The number of hydrogen-bond donors (Lipinski definition) is 8. The number of carboxylic acids is 1. The van der Waals surface area contributed by atoms with Crippen LogP contribution in [0.25, 0.3) is 0 Å². The van der Waals surface area contributed by atoms with Crippen LogP contribution in [0.1, 0.15) is 26.7 Å². The van der Waals surface area contributed by atoms with Crippen molar-refractivity contribution in [2.24, 2.45) is 22.2 Å². The standard InChI is InChI=1S/C15H29N7O5S/c1-7(20-12(24)9(16)6-28)11(23)22-10(4-3-5-19-15(17)18)13(25)21-8(2)14(26)27/h7-10,28H,3-6,16H2,1-2H3,(H,20,24)(H,21,25)(H,22,23)(H,26,27)(H4,17,18,19). The number of hydrogen-bond acceptors (Lipinski definition) is 7. The van der Waals surface area contributed by atoms with Gasteiger partial charge in [0.05, 0.1) is 6.04 Å². The van der Waals surface area contributed by atoms with Crippen molar-refractivity contribution in [3.8, 4) is 0 Å². The molecule has 4 atom stereocenters. The van der Waals surface area contributed by atoms with Gasteiger partial charge in [0, 0.05) is 12.3 Å². The molecule has 0 saturated carbocycles. The van der Waals surface area contributed by atoms with Gasteiger partial charge in [0.2, 0.25) is 17.7 Å². The van der Waals surface area contributed by atoms with Crippen LogP contribution < -0.4 is 33.2 Å². The van der Waals surface area contributed by atoms with E-state index in [1.807, 2.05) is 0 Å². The first-order valence-corrected chi connectivity index (χ1v) is 9.18. The number of thiol groups is 1. The summed E-state index contributed by atoms with van der Waals surface area (Å²) in [7, 11) is 0. The molecule has 0 radical (unpaired) electrons. The molecule has 0 aliphatic heterocycles. The van der Waals surface area contributed by atoms with Crippen molar-refractivity contribution < 1.29 is 24.3 Å². The van der Waals surface area contributed by atoms with Crippen molar-refractivity contribution in [1.29, 1.82) is 0 Å². The molecule has 0 spiro atoms. The van der Waals surface area contributed by atoms with Crippen molar-refractivity contribution in [3.63, 3.8) is 0 Å². The molecule has 0 aliphatic carbocycles. The number of nitrogens with two attached hydrogens (primary N) is 3. The normalized spacial score (nSPS) is 14.7. The molecule has 4 unspecified atom stereocenters. The lowest BCUT2D eigenvalue weighted by atomic mass is 10.1. The minimum Gasteiger partial charge on any atom is -0.480 e. The van der Waals surface area contributed by atoms with Crippen molar-refractivity contribution in [2.75, 3.05) is 12.3 Å². The fourth-order valence-electron chi connectivity index (χ4n) is 1.91. The van der Waals surface area contributed by atoms with E-state index in [9.17, 15) is 19.2 Å². The summed E-state index contributed by atoms with van der Waals surface area (Å²) >= 11 is 3.91. The second-order valence-corrected chi connectivity index (χ2v) is 6.46. The van der Waals surface area contributed by atoms with Gasteiger partial charge in [-0.1, -0.05) is 0 Å². The zero-order valence-corrected chi connectivity index (χ0v) is 16.7. The average Bonchev–Trinajstić information content (AvgIpc) is 2.62. The van der Waals surface area contributed by atoms with Gasteiger partial charge in [0.15, 0.2) is 5.96 Å². The Hall–Kier alpha value is -2.54. The molecule has 0 heterocycles. The van der Waals surface area contributed by atoms with Crippen molar-refractivity contribution >= 4 is 42.3 Å². The number of nitrogens with zero attached hydrogens (tertiary/aromatic N) is 1. The Morgan fingerprint density at radius 3 is 2.07 bits per heavy atom. The minimum absolute atomic E-state index is 0.100. The fourth-order valence-corrected chi connectivity index (χ4v) is 2.08. The van der Waals surface area contributed by atoms with Gasteiger partial charge in [-0.2, -0.15) is 12.6 Å². The molecule has 0 aromatic carbocycles. The molecule has 12 nitrogen and oxygen atoms in total. The first-order valence-electron chi connectivity index (χ1n) is 8.55. The highest BCUT2D eigenvalue weighted by Gasteiger charge is 2.26. The quantitative estimate of drug-likeness (QED) is 0.0698. The Labute approximate surface area is 168 Å². The molecule has 10 N–H and O–H groups in total. The first-order chi connectivity index (χ1) is 13.0. The monoisotopic (exact) mass is 419 g/mol. The van der Waals surface area contributed by atoms with E-state index in [0.717, 1.165) is 0 Å². The number of aliphatic imine (C=N–C) groups is 1. The Bertz CT molecular complexity index is 597. The fraction of sp³-hybridized carbons (Fsp3) is 0.667. The third-order valence-electron chi connectivity index (χ3n) is 3.59. The number of carbonyl (C=O) groups excluding carboxylic acids is 3. The molecular formula is C15H29N7O5S. The molecule has 3 amide bonds. The average molecular weight is 420 g/mol. The van der Waals surface area contributed by atoms with Crippen LogP contribution >= 0.6 is 12.6 Å². The number of nitrogens with one attached hydrogen (secondary N) is 3.